The van der Waals surface area contributed by atoms with Crippen molar-refractivity contribution in [3.8, 4) is 33.5 Å². The second-order valence-electron chi connectivity index (χ2n) is 9.95. The highest BCUT2D eigenvalue weighted by Gasteiger charge is 2.22. The van der Waals surface area contributed by atoms with Crippen LogP contribution >= 0.6 is 34.8 Å². The minimum Gasteiger partial charge on any atom is -0.340 e. The summed E-state index contributed by atoms with van der Waals surface area (Å²) in [6, 6.07) is 41.9. The number of hydrogen-bond donors (Lipinski definition) is 1. The van der Waals surface area contributed by atoms with Gasteiger partial charge in [0.1, 0.15) is 5.82 Å². The fraction of sp³-hybridized carbons (Fsp3) is 0. The predicted molar refractivity (Wildman–Crippen MR) is 178 cm³/mol. The third-order valence-corrected chi connectivity index (χ3v) is 7.95. The first kappa shape index (κ1) is 26.5. The Morgan fingerprint density at radius 2 is 1.05 bits per heavy atom. The SMILES string of the molecule is Clc1ccc(Nc2nc3ccc(Cl)cc3c(-c3ccccc3)c2-c2cc(-c3ccccc3)c3cc(Cl)ccc3n2)cc1. The first-order valence-corrected chi connectivity index (χ1v) is 14.5. The second-order valence-corrected chi connectivity index (χ2v) is 11.3. The number of hydrogen-bond acceptors (Lipinski definition) is 3. The lowest BCUT2D eigenvalue weighted by Gasteiger charge is -2.20. The highest BCUT2D eigenvalue weighted by atomic mass is 35.5. The van der Waals surface area contributed by atoms with Crippen molar-refractivity contribution in [2.24, 2.45) is 0 Å². The molecule has 0 bridgehead atoms. The molecule has 2 heterocycles. The minimum absolute atomic E-state index is 0.636. The van der Waals surface area contributed by atoms with E-state index in [4.69, 9.17) is 44.8 Å². The standard InChI is InChI=1S/C36H22Cl3N3/c37-24-11-15-27(16-12-24)40-36-35(34(23-9-5-2-6-10-23)30-20-26(39)14-18-32(30)42-36)33-21-28(22-7-3-1-4-8-22)29-19-25(38)13-17-31(29)41-33/h1-21H,(H,40,42). The molecule has 0 aliphatic heterocycles. The molecule has 0 fully saturated rings. The molecule has 6 heteroatoms. The van der Waals surface area contributed by atoms with E-state index >= 15 is 0 Å². The van der Waals surface area contributed by atoms with Gasteiger partial charge in [0, 0.05) is 37.1 Å². The van der Waals surface area contributed by atoms with Gasteiger partial charge in [-0.05, 0) is 83.4 Å². The highest BCUT2D eigenvalue weighted by molar-refractivity contribution is 6.32. The molecule has 5 aromatic carbocycles. The molecule has 3 nitrogen and oxygen atoms in total. The van der Waals surface area contributed by atoms with Crippen LogP contribution in [-0.2, 0) is 0 Å². The summed E-state index contributed by atoms with van der Waals surface area (Å²) in [5.74, 6) is 0.672. The van der Waals surface area contributed by atoms with Crippen LogP contribution < -0.4 is 5.32 Å². The van der Waals surface area contributed by atoms with Crippen LogP contribution in [0, 0.1) is 0 Å². The van der Waals surface area contributed by atoms with Crippen molar-refractivity contribution in [2.75, 3.05) is 5.32 Å². The van der Waals surface area contributed by atoms with Gasteiger partial charge < -0.3 is 5.32 Å². The molecule has 0 atom stereocenters. The maximum Gasteiger partial charge on any atom is 0.141 e. The van der Waals surface area contributed by atoms with Crippen molar-refractivity contribution >= 4 is 68.1 Å². The quantitative estimate of drug-likeness (QED) is 0.213. The van der Waals surface area contributed by atoms with Gasteiger partial charge in [0.2, 0.25) is 0 Å². The largest absolute Gasteiger partial charge is 0.340 e. The molecule has 42 heavy (non-hydrogen) atoms. The number of nitrogens with one attached hydrogen (secondary N) is 1. The zero-order valence-corrected chi connectivity index (χ0v) is 24.4. The number of aromatic nitrogens is 2. The molecule has 7 aromatic rings. The zero-order chi connectivity index (χ0) is 28.6. The first-order valence-electron chi connectivity index (χ1n) is 13.4. The Labute approximate surface area is 258 Å². The summed E-state index contributed by atoms with van der Waals surface area (Å²) in [4.78, 5) is 10.3. The highest BCUT2D eigenvalue weighted by Crippen LogP contribution is 2.44. The minimum atomic E-state index is 0.636. The van der Waals surface area contributed by atoms with Crippen LogP contribution in [0.2, 0.25) is 15.1 Å². The summed E-state index contributed by atoms with van der Waals surface area (Å²) in [5, 5.41) is 7.43. The van der Waals surface area contributed by atoms with Crippen LogP contribution in [0.1, 0.15) is 0 Å². The average molecular weight is 603 g/mol. The molecule has 0 aliphatic carbocycles. The molecule has 1 N–H and O–H groups in total. The normalized spacial score (nSPS) is 11.2. The van der Waals surface area contributed by atoms with E-state index in [1.807, 2.05) is 97.1 Å². The van der Waals surface area contributed by atoms with Gasteiger partial charge in [-0.2, -0.15) is 0 Å². The lowest BCUT2D eigenvalue weighted by Crippen LogP contribution is -2.02. The summed E-state index contributed by atoms with van der Waals surface area (Å²) >= 11 is 19.3. The maximum atomic E-state index is 6.58. The van der Waals surface area contributed by atoms with E-state index in [2.05, 4.69) is 35.6 Å². The topological polar surface area (TPSA) is 37.8 Å². The molecule has 0 aliphatic rings. The number of rotatable bonds is 5. The third kappa shape index (κ3) is 5.08. The molecule has 2 aromatic heterocycles. The van der Waals surface area contributed by atoms with E-state index in [9.17, 15) is 0 Å². The molecular formula is C36H22Cl3N3. The summed E-state index contributed by atoms with van der Waals surface area (Å²) in [7, 11) is 0. The van der Waals surface area contributed by atoms with Gasteiger partial charge in [-0.15, -0.1) is 0 Å². The third-order valence-electron chi connectivity index (χ3n) is 7.23. The van der Waals surface area contributed by atoms with Gasteiger partial charge in [0.15, 0.2) is 0 Å². The molecule has 7 rings (SSSR count). The van der Waals surface area contributed by atoms with E-state index in [1.165, 1.54) is 0 Å². The van der Waals surface area contributed by atoms with Gasteiger partial charge in [-0.25, -0.2) is 9.97 Å². The number of pyridine rings is 2. The van der Waals surface area contributed by atoms with E-state index < -0.39 is 0 Å². The van der Waals surface area contributed by atoms with Crippen LogP contribution in [0.5, 0.6) is 0 Å². The predicted octanol–water partition coefficient (Wildman–Crippen LogP) is 11.5. The summed E-state index contributed by atoms with van der Waals surface area (Å²) in [6.07, 6.45) is 0. The van der Waals surface area contributed by atoms with Crippen molar-refractivity contribution in [2.45, 2.75) is 0 Å². The lowest BCUT2D eigenvalue weighted by atomic mass is 9.91. The maximum absolute atomic E-state index is 6.58. The van der Waals surface area contributed by atoms with E-state index in [0.29, 0.717) is 20.9 Å². The van der Waals surface area contributed by atoms with Crippen LogP contribution in [0.25, 0.3) is 55.3 Å². The first-order chi connectivity index (χ1) is 20.5. The van der Waals surface area contributed by atoms with Gasteiger partial charge in [0.05, 0.1) is 22.3 Å². The van der Waals surface area contributed by atoms with Gasteiger partial charge in [-0.1, -0.05) is 95.5 Å². The number of benzene rings is 5. The Bertz CT molecular complexity index is 2080. The van der Waals surface area contributed by atoms with Crippen LogP contribution in [0.4, 0.5) is 11.5 Å². The van der Waals surface area contributed by atoms with Crippen molar-refractivity contribution in [3.63, 3.8) is 0 Å². The number of nitrogens with zero attached hydrogens (tertiary/aromatic N) is 2. The van der Waals surface area contributed by atoms with Crippen molar-refractivity contribution in [1.29, 1.82) is 0 Å². The number of anilines is 2. The second kappa shape index (κ2) is 11.1. The van der Waals surface area contributed by atoms with E-state index in [-0.39, 0.29) is 0 Å². The number of halogens is 3. The summed E-state index contributed by atoms with van der Waals surface area (Å²) < 4.78 is 0. The van der Waals surface area contributed by atoms with E-state index in [0.717, 1.165) is 61.0 Å². The van der Waals surface area contributed by atoms with Crippen molar-refractivity contribution in [3.05, 3.63) is 142 Å². The van der Waals surface area contributed by atoms with Crippen LogP contribution in [0.3, 0.4) is 0 Å². The lowest BCUT2D eigenvalue weighted by molar-refractivity contribution is 1.33. The molecule has 0 amide bonds. The smallest absolute Gasteiger partial charge is 0.141 e. The van der Waals surface area contributed by atoms with Gasteiger partial charge >= 0.3 is 0 Å². The Morgan fingerprint density at radius 1 is 0.476 bits per heavy atom. The molecule has 0 saturated heterocycles. The Morgan fingerprint density at radius 3 is 1.71 bits per heavy atom. The Kier molecular flexibility index (Phi) is 7.01. The average Bonchev–Trinajstić information content (AvgIpc) is 3.02. The molecule has 0 unspecified atom stereocenters. The van der Waals surface area contributed by atoms with Crippen LogP contribution in [-0.4, -0.2) is 9.97 Å². The fourth-order valence-corrected chi connectivity index (χ4v) is 5.80. The Balaban J connectivity index is 1.60. The van der Waals surface area contributed by atoms with E-state index in [1.54, 1.807) is 0 Å². The zero-order valence-electron chi connectivity index (χ0n) is 22.2. The van der Waals surface area contributed by atoms with Gasteiger partial charge in [-0.3, -0.25) is 0 Å². The molecule has 0 spiro atoms. The molecule has 0 saturated carbocycles. The summed E-state index contributed by atoms with van der Waals surface area (Å²) in [6.45, 7) is 0. The number of fused-ring (bicyclic) bond motifs is 2. The van der Waals surface area contributed by atoms with Crippen LogP contribution in [0.15, 0.2) is 127 Å². The monoisotopic (exact) mass is 601 g/mol. The van der Waals surface area contributed by atoms with Gasteiger partial charge in [0.25, 0.3) is 0 Å². The van der Waals surface area contributed by atoms with Crippen molar-refractivity contribution in [1.82, 2.24) is 9.97 Å². The van der Waals surface area contributed by atoms with Crippen molar-refractivity contribution < 1.29 is 0 Å². The fourth-order valence-electron chi connectivity index (χ4n) is 5.33. The molecule has 202 valence electrons. The molecule has 0 radical (unpaired) electrons. The Hall–Kier alpha value is -4.41. The molecular weight excluding hydrogens is 581 g/mol. The summed E-state index contributed by atoms with van der Waals surface area (Å²) in [5.41, 5.74) is 8.25.